The molecule has 0 spiro atoms. The number of allylic oxidation sites excluding steroid dienone is 3. The summed E-state index contributed by atoms with van der Waals surface area (Å²) >= 11 is 0. The molecule has 0 aliphatic heterocycles. The van der Waals surface area contributed by atoms with E-state index in [1.54, 1.807) is 0 Å². The standard InChI is InChI=1S/C10H12O2/c1-10-4-2-3-8(10)7(6-10)5-9(11)12/h2-3,5,8H,4,6H2,1H3,(H,11,12)/b7-5-/t8-,10-/m0/s1. The van der Waals surface area contributed by atoms with Gasteiger partial charge in [0.25, 0.3) is 0 Å². The number of hydrogen-bond acceptors (Lipinski definition) is 1. The summed E-state index contributed by atoms with van der Waals surface area (Å²) in [5, 5.41) is 8.55. The van der Waals surface area contributed by atoms with Crippen LogP contribution in [0.1, 0.15) is 19.8 Å². The molecule has 2 nitrogen and oxygen atoms in total. The summed E-state index contributed by atoms with van der Waals surface area (Å²) in [7, 11) is 0. The van der Waals surface area contributed by atoms with Gasteiger partial charge in [-0.05, 0) is 18.3 Å². The van der Waals surface area contributed by atoms with Crippen molar-refractivity contribution in [1.29, 1.82) is 0 Å². The van der Waals surface area contributed by atoms with E-state index in [4.69, 9.17) is 5.11 Å². The van der Waals surface area contributed by atoms with Gasteiger partial charge in [-0.2, -0.15) is 0 Å². The first kappa shape index (κ1) is 7.59. The van der Waals surface area contributed by atoms with Crippen molar-refractivity contribution in [1.82, 2.24) is 0 Å². The normalized spacial score (nSPS) is 41.1. The lowest BCUT2D eigenvalue weighted by molar-refractivity contribution is -0.131. The molecule has 0 saturated heterocycles. The van der Waals surface area contributed by atoms with Crippen LogP contribution in [0, 0.1) is 11.3 Å². The molecule has 1 N–H and O–H groups in total. The molecule has 64 valence electrons. The van der Waals surface area contributed by atoms with Gasteiger partial charge in [0.05, 0.1) is 0 Å². The molecule has 0 amide bonds. The molecule has 2 aliphatic rings. The minimum atomic E-state index is -0.813. The first-order valence-electron chi connectivity index (χ1n) is 4.22. The summed E-state index contributed by atoms with van der Waals surface area (Å²) in [6.07, 6.45) is 7.72. The first-order chi connectivity index (χ1) is 5.62. The zero-order valence-electron chi connectivity index (χ0n) is 7.08. The Bertz CT molecular complexity index is 288. The molecule has 0 aromatic heterocycles. The molecular formula is C10H12O2. The van der Waals surface area contributed by atoms with Crippen LogP contribution in [0.4, 0.5) is 0 Å². The molecule has 0 unspecified atom stereocenters. The van der Waals surface area contributed by atoms with Gasteiger partial charge in [-0.25, -0.2) is 4.79 Å². The van der Waals surface area contributed by atoms with Gasteiger partial charge in [0.2, 0.25) is 0 Å². The van der Waals surface area contributed by atoms with Crippen molar-refractivity contribution in [2.45, 2.75) is 19.8 Å². The van der Waals surface area contributed by atoms with E-state index in [9.17, 15) is 4.79 Å². The Hall–Kier alpha value is -1.05. The van der Waals surface area contributed by atoms with E-state index in [-0.39, 0.29) is 0 Å². The number of carboxylic acids is 1. The number of hydrogen-bond donors (Lipinski definition) is 1. The van der Waals surface area contributed by atoms with Gasteiger partial charge in [-0.15, -0.1) is 0 Å². The summed E-state index contributed by atoms with van der Waals surface area (Å²) in [6, 6.07) is 0. The third-order valence-electron chi connectivity index (χ3n) is 2.98. The maximum absolute atomic E-state index is 10.4. The van der Waals surface area contributed by atoms with Crippen molar-refractivity contribution < 1.29 is 9.90 Å². The maximum Gasteiger partial charge on any atom is 0.328 e. The highest BCUT2D eigenvalue weighted by Gasteiger charge is 2.46. The van der Waals surface area contributed by atoms with E-state index in [1.807, 2.05) is 0 Å². The van der Waals surface area contributed by atoms with Crippen LogP contribution < -0.4 is 0 Å². The smallest absolute Gasteiger partial charge is 0.328 e. The molecule has 1 fully saturated rings. The quantitative estimate of drug-likeness (QED) is 0.475. The van der Waals surface area contributed by atoms with Gasteiger partial charge in [-0.1, -0.05) is 24.6 Å². The summed E-state index contributed by atoms with van der Waals surface area (Å²) in [5.41, 5.74) is 1.43. The number of fused-ring (bicyclic) bond motifs is 1. The van der Waals surface area contributed by atoms with Crippen molar-refractivity contribution in [3.63, 3.8) is 0 Å². The Kier molecular flexibility index (Phi) is 1.40. The molecule has 0 heterocycles. The lowest BCUT2D eigenvalue weighted by Gasteiger charge is -2.44. The largest absolute Gasteiger partial charge is 0.478 e. The van der Waals surface area contributed by atoms with Crippen LogP contribution in [0.3, 0.4) is 0 Å². The first-order valence-corrected chi connectivity index (χ1v) is 4.22. The van der Waals surface area contributed by atoms with Crippen LogP contribution in [-0.4, -0.2) is 11.1 Å². The van der Waals surface area contributed by atoms with E-state index in [1.165, 1.54) is 6.08 Å². The molecule has 2 atom stereocenters. The Morgan fingerprint density at radius 1 is 1.83 bits per heavy atom. The molecule has 0 bridgehead atoms. The van der Waals surface area contributed by atoms with Crippen molar-refractivity contribution in [2.24, 2.45) is 11.3 Å². The SMILES string of the molecule is C[C@@]12CC=C[C@H]1/C(=C\C(=O)O)C2. The molecule has 0 aromatic carbocycles. The minimum absolute atomic E-state index is 0.348. The number of carbonyl (C=O) groups is 1. The topological polar surface area (TPSA) is 37.3 Å². The summed E-state index contributed by atoms with van der Waals surface area (Å²) < 4.78 is 0. The molecule has 0 radical (unpaired) electrons. The van der Waals surface area contributed by atoms with E-state index >= 15 is 0 Å². The fraction of sp³-hybridized carbons (Fsp3) is 0.500. The van der Waals surface area contributed by atoms with E-state index < -0.39 is 5.97 Å². The molecular weight excluding hydrogens is 152 g/mol. The minimum Gasteiger partial charge on any atom is -0.478 e. The van der Waals surface area contributed by atoms with Crippen molar-refractivity contribution in [2.75, 3.05) is 0 Å². The van der Waals surface area contributed by atoms with Gasteiger partial charge >= 0.3 is 5.97 Å². The Balaban J connectivity index is 2.18. The Labute approximate surface area is 71.6 Å². The lowest BCUT2D eigenvalue weighted by Crippen LogP contribution is -2.35. The van der Waals surface area contributed by atoms with E-state index in [0.717, 1.165) is 18.4 Å². The molecule has 0 aromatic rings. The molecule has 2 rings (SSSR count). The molecule has 2 aliphatic carbocycles. The van der Waals surface area contributed by atoms with Crippen LogP contribution in [0.15, 0.2) is 23.8 Å². The molecule has 2 heteroatoms. The second-order valence-electron chi connectivity index (χ2n) is 4.00. The fourth-order valence-electron chi connectivity index (χ4n) is 2.33. The van der Waals surface area contributed by atoms with E-state index in [2.05, 4.69) is 19.1 Å². The van der Waals surface area contributed by atoms with Gasteiger partial charge in [0.1, 0.15) is 0 Å². The number of aliphatic carboxylic acids is 1. The van der Waals surface area contributed by atoms with Crippen LogP contribution in [0.5, 0.6) is 0 Å². The van der Waals surface area contributed by atoms with Crippen LogP contribution in [0.2, 0.25) is 0 Å². The summed E-state index contributed by atoms with van der Waals surface area (Å²) in [5.74, 6) is -0.402. The lowest BCUT2D eigenvalue weighted by atomic mass is 9.59. The second-order valence-corrected chi connectivity index (χ2v) is 4.00. The van der Waals surface area contributed by atoms with Gasteiger partial charge in [0.15, 0.2) is 0 Å². The Morgan fingerprint density at radius 2 is 2.58 bits per heavy atom. The number of carboxylic acid groups (broad SMARTS) is 1. The van der Waals surface area contributed by atoms with Crippen molar-refractivity contribution in [3.8, 4) is 0 Å². The average Bonchev–Trinajstić information content (AvgIpc) is 2.23. The third-order valence-corrected chi connectivity index (χ3v) is 2.98. The molecule has 12 heavy (non-hydrogen) atoms. The van der Waals surface area contributed by atoms with E-state index in [0.29, 0.717) is 11.3 Å². The van der Waals surface area contributed by atoms with Gasteiger partial charge < -0.3 is 5.11 Å². The van der Waals surface area contributed by atoms with Crippen LogP contribution in [0.25, 0.3) is 0 Å². The summed E-state index contributed by atoms with van der Waals surface area (Å²) in [6.45, 7) is 2.22. The highest BCUT2D eigenvalue weighted by molar-refractivity contribution is 5.81. The highest BCUT2D eigenvalue weighted by atomic mass is 16.4. The van der Waals surface area contributed by atoms with Crippen LogP contribution in [-0.2, 0) is 4.79 Å². The van der Waals surface area contributed by atoms with Gasteiger partial charge in [0, 0.05) is 12.0 Å². The molecule has 1 saturated carbocycles. The predicted molar refractivity (Wildman–Crippen MR) is 45.7 cm³/mol. The zero-order chi connectivity index (χ0) is 8.77. The van der Waals surface area contributed by atoms with Gasteiger partial charge in [-0.3, -0.25) is 0 Å². The van der Waals surface area contributed by atoms with Crippen molar-refractivity contribution in [3.05, 3.63) is 23.8 Å². The number of rotatable bonds is 1. The zero-order valence-corrected chi connectivity index (χ0v) is 7.08. The fourth-order valence-corrected chi connectivity index (χ4v) is 2.33. The van der Waals surface area contributed by atoms with Crippen LogP contribution >= 0.6 is 0 Å². The predicted octanol–water partition coefficient (Wildman–Crippen LogP) is 1.98. The van der Waals surface area contributed by atoms with Crippen molar-refractivity contribution >= 4 is 5.97 Å². The highest BCUT2D eigenvalue weighted by Crippen LogP contribution is 2.56. The Morgan fingerprint density at radius 3 is 3.17 bits per heavy atom. The average molecular weight is 164 g/mol. The summed E-state index contributed by atoms with van der Waals surface area (Å²) in [4.78, 5) is 10.4. The third kappa shape index (κ3) is 0.909. The second kappa shape index (κ2) is 2.22. The maximum atomic E-state index is 10.4. The monoisotopic (exact) mass is 164 g/mol.